The Morgan fingerprint density at radius 1 is 1.11 bits per heavy atom. The fourth-order valence-corrected chi connectivity index (χ4v) is 5.12. The molecule has 1 aliphatic heterocycles. The Hall–Kier alpha value is -5.27. The van der Waals surface area contributed by atoms with Crippen LogP contribution >= 0.6 is 0 Å². The second-order valence-electron chi connectivity index (χ2n) is 10.5. The van der Waals surface area contributed by atoms with Crippen molar-refractivity contribution in [3.05, 3.63) is 128 Å². The van der Waals surface area contributed by atoms with E-state index in [0.29, 0.717) is 24.3 Å². The molecule has 2 aromatic heterocycles. The lowest BCUT2D eigenvalue weighted by Gasteiger charge is -2.29. The molecular formula is C32H34N6O7. The van der Waals surface area contributed by atoms with Crippen molar-refractivity contribution in [2.45, 2.75) is 38.8 Å². The number of aliphatic hydroxyl groups excluding tert-OH is 1. The zero-order chi connectivity index (χ0) is 31.9. The third-order valence-electron chi connectivity index (χ3n) is 7.57. The van der Waals surface area contributed by atoms with Crippen LogP contribution in [0.3, 0.4) is 0 Å². The highest BCUT2D eigenvalue weighted by Crippen LogP contribution is 2.32. The van der Waals surface area contributed by atoms with Crippen LogP contribution < -0.4 is 16.2 Å². The van der Waals surface area contributed by atoms with Gasteiger partial charge in [0.15, 0.2) is 5.76 Å². The Kier molecular flexibility index (Phi) is 9.70. The monoisotopic (exact) mass is 614 g/mol. The average molecular weight is 615 g/mol. The number of amides is 1. The normalized spacial score (nSPS) is 16.0. The molecule has 45 heavy (non-hydrogen) atoms. The van der Waals surface area contributed by atoms with E-state index in [1.54, 1.807) is 15.4 Å². The van der Waals surface area contributed by atoms with Gasteiger partial charge in [-0.2, -0.15) is 0 Å². The Labute approximate surface area is 258 Å². The van der Waals surface area contributed by atoms with Crippen molar-refractivity contribution in [2.75, 3.05) is 18.4 Å². The van der Waals surface area contributed by atoms with Gasteiger partial charge in [0.25, 0.3) is 17.2 Å². The number of hydrogen-bond acceptors (Lipinski definition) is 9. The van der Waals surface area contributed by atoms with Gasteiger partial charge in [0.1, 0.15) is 12.0 Å². The predicted octanol–water partition coefficient (Wildman–Crippen LogP) is 3.44. The number of pyridine rings is 1. The molecule has 0 saturated carbocycles. The molecule has 3 heterocycles. The van der Waals surface area contributed by atoms with E-state index in [1.807, 2.05) is 68.6 Å². The smallest absolute Gasteiger partial charge is 0.287 e. The van der Waals surface area contributed by atoms with Crippen molar-refractivity contribution in [1.82, 2.24) is 19.7 Å². The van der Waals surface area contributed by atoms with Crippen LogP contribution in [0.2, 0.25) is 0 Å². The van der Waals surface area contributed by atoms with E-state index in [2.05, 4.69) is 15.6 Å². The number of nitrogens with one attached hydrogen (secondary N) is 2. The number of carbonyl (C=O) groups excluding carboxylic acids is 1. The van der Waals surface area contributed by atoms with E-state index in [0.717, 1.165) is 28.7 Å². The van der Waals surface area contributed by atoms with Crippen LogP contribution in [0.25, 0.3) is 5.69 Å². The Bertz CT molecular complexity index is 1730. The molecule has 13 heteroatoms. The van der Waals surface area contributed by atoms with Gasteiger partial charge in [-0.25, -0.2) is 9.67 Å². The number of rotatable bonds is 12. The van der Waals surface area contributed by atoms with Crippen molar-refractivity contribution in [3.63, 3.8) is 0 Å². The molecule has 2 atom stereocenters. The highest BCUT2D eigenvalue weighted by atomic mass is 16.7. The second-order valence-corrected chi connectivity index (χ2v) is 10.5. The third-order valence-corrected chi connectivity index (χ3v) is 7.57. The number of carbonyl (C=O) groups is 1. The zero-order valence-electron chi connectivity index (χ0n) is 24.9. The molecule has 0 saturated heterocycles. The largest absolute Gasteiger partial charge is 0.459 e. The van der Waals surface area contributed by atoms with Crippen LogP contribution in [0.4, 0.5) is 11.5 Å². The predicted molar refractivity (Wildman–Crippen MR) is 166 cm³/mol. The maximum Gasteiger partial charge on any atom is 0.287 e. The standard InChI is InChI=1S/C32H34N6O7/c1-21-30(32(41)37(36(21)2)25-6-4-3-5-7-25)24-16-27(45-29(17-24)44-20-23-10-8-22(19-39)9-11-23)31(40)34-15-14-33-28-13-12-26(18-35-28)38(42)43/h3-13,16,18,24,29,39H,14-15,17,19-20H2,1-2H3,(H,33,35)(H,34,40). The zero-order valence-corrected chi connectivity index (χ0v) is 24.9. The summed E-state index contributed by atoms with van der Waals surface area (Å²) in [5, 5.41) is 26.0. The summed E-state index contributed by atoms with van der Waals surface area (Å²) in [5.74, 6) is -0.476. The molecule has 2 aromatic carbocycles. The lowest BCUT2D eigenvalue weighted by molar-refractivity contribution is -0.385. The van der Waals surface area contributed by atoms with Crippen molar-refractivity contribution < 1.29 is 24.3 Å². The molecule has 1 aliphatic rings. The topological polar surface area (TPSA) is 163 Å². The quantitative estimate of drug-likeness (QED) is 0.123. The molecule has 0 aliphatic carbocycles. The first kappa shape index (κ1) is 31.2. The average Bonchev–Trinajstić information content (AvgIpc) is 3.29. The fourth-order valence-electron chi connectivity index (χ4n) is 5.12. The number of ether oxygens (including phenoxy) is 2. The molecular weight excluding hydrogens is 580 g/mol. The SMILES string of the molecule is Cc1c(C2C=C(C(=O)NCCNc3ccc([N+](=O)[O-])cn3)OC(OCc3ccc(CO)cc3)C2)c(=O)n(-c2ccccc2)n1C. The highest BCUT2D eigenvalue weighted by molar-refractivity contribution is 5.91. The van der Waals surface area contributed by atoms with Gasteiger partial charge >= 0.3 is 0 Å². The number of aliphatic hydroxyl groups is 1. The van der Waals surface area contributed by atoms with Gasteiger partial charge in [0, 0.05) is 49.8 Å². The van der Waals surface area contributed by atoms with Gasteiger partial charge in [0.05, 0.1) is 23.8 Å². The van der Waals surface area contributed by atoms with E-state index in [4.69, 9.17) is 9.47 Å². The van der Waals surface area contributed by atoms with Gasteiger partial charge in [0.2, 0.25) is 6.29 Å². The third kappa shape index (κ3) is 7.28. The lowest BCUT2D eigenvalue weighted by atomic mass is 9.93. The number of nitrogens with zero attached hydrogens (tertiary/aromatic N) is 4. The van der Waals surface area contributed by atoms with E-state index >= 15 is 0 Å². The van der Waals surface area contributed by atoms with Crippen LogP contribution in [0.15, 0.2) is 89.6 Å². The van der Waals surface area contributed by atoms with E-state index < -0.39 is 23.0 Å². The molecule has 13 nitrogen and oxygen atoms in total. The number of hydrogen-bond donors (Lipinski definition) is 3. The number of nitro groups is 1. The Balaban J connectivity index is 1.33. The number of anilines is 1. The minimum atomic E-state index is -0.815. The fraction of sp³-hybridized carbons (Fsp3) is 0.281. The van der Waals surface area contributed by atoms with Gasteiger partial charge in [-0.15, -0.1) is 0 Å². The minimum Gasteiger partial charge on any atom is -0.459 e. The van der Waals surface area contributed by atoms with Gasteiger partial charge in [-0.1, -0.05) is 42.5 Å². The second kappa shape index (κ2) is 14.0. The molecule has 4 aromatic rings. The summed E-state index contributed by atoms with van der Waals surface area (Å²) >= 11 is 0. The number of aromatic nitrogens is 3. The molecule has 2 unspecified atom stereocenters. The van der Waals surface area contributed by atoms with Crippen LogP contribution in [0.1, 0.15) is 34.7 Å². The van der Waals surface area contributed by atoms with Crippen LogP contribution in [0.5, 0.6) is 0 Å². The summed E-state index contributed by atoms with van der Waals surface area (Å²) in [5.41, 5.74) is 3.35. The maximum absolute atomic E-state index is 13.8. The lowest BCUT2D eigenvalue weighted by Crippen LogP contribution is -2.35. The number of para-hydroxylation sites is 1. The van der Waals surface area contributed by atoms with E-state index in [-0.39, 0.29) is 36.8 Å². The number of benzene rings is 2. The van der Waals surface area contributed by atoms with Crippen molar-refractivity contribution in [1.29, 1.82) is 0 Å². The molecule has 5 rings (SSSR count). The summed E-state index contributed by atoms with van der Waals surface area (Å²) in [4.78, 5) is 41.4. The van der Waals surface area contributed by atoms with Gasteiger partial charge < -0.3 is 25.2 Å². The van der Waals surface area contributed by atoms with Crippen molar-refractivity contribution in [2.24, 2.45) is 7.05 Å². The molecule has 1 amide bonds. The summed E-state index contributed by atoms with van der Waals surface area (Å²) in [6.45, 7) is 2.52. The first-order valence-corrected chi connectivity index (χ1v) is 14.4. The van der Waals surface area contributed by atoms with E-state index in [1.165, 1.54) is 12.1 Å². The number of allylic oxidation sites excluding steroid dienone is 1. The van der Waals surface area contributed by atoms with Crippen molar-refractivity contribution >= 4 is 17.4 Å². The first-order chi connectivity index (χ1) is 21.7. The summed E-state index contributed by atoms with van der Waals surface area (Å²) in [6, 6.07) is 19.5. The molecule has 234 valence electrons. The highest BCUT2D eigenvalue weighted by Gasteiger charge is 2.33. The molecule has 0 spiro atoms. The Morgan fingerprint density at radius 3 is 2.51 bits per heavy atom. The summed E-state index contributed by atoms with van der Waals surface area (Å²) in [6.07, 6.45) is 2.31. The molecule has 0 fully saturated rings. The Morgan fingerprint density at radius 2 is 1.84 bits per heavy atom. The van der Waals surface area contributed by atoms with Crippen LogP contribution in [-0.2, 0) is 34.5 Å². The first-order valence-electron chi connectivity index (χ1n) is 14.4. The van der Waals surface area contributed by atoms with Gasteiger partial charge in [-0.05, 0) is 42.3 Å². The van der Waals surface area contributed by atoms with Crippen LogP contribution in [0, 0.1) is 17.0 Å². The van der Waals surface area contributed by atoms with Crippen molar-refractivity contribution in [3.8, 4) is 5.69 Å². The van der Waals surface area contributed by atoms with Gasteiger partial charge in [-0.3, -0.25) is 24.4 Å². The molecule has 3 N–H and O–H groups in total. The van der Waals surface area contributed by atoms with Crippen LogP contribution in [-0.4, -0.2) is 49.7 Å². The molecule has 0 radical (unpaired) electrons. The molecule has 0 bridgehead atoms. The minimum absolute atomic E-state index is 0.0363. The maximum atomic E-state index is 13.8. The summed E-state index contributed by atoms with van der Waals surface area (Å²) < 4.78 is 15.5. The van der Waals surface area contributed by atoms with E-state index in [9.17, 15) is 24.8 Å². The summed E-state index contributed by atoms with van der Waals surface area (Å²) in [7, 11) is 1.82.